The van der Waals surface area contributed by atoms with E-state index in [0.717, 1.165) is 21.9 Å². The van der Waals surface area contributed by atoms with Gasteiger partial charge in [-0.1, -0.05) is 30.3 Å². The molecule has 0 aliphatic heterocycles. The van der Waals surface area contributed by atoms with E-state index in [0.29, 0.717) is 34.1 Å². The average Bonchev–Trinajstić information content (AvgIpc) is 3.24. The van der Waals surface area contributed by atoms with Crippen LogP contribution < -0.4 is 10.1 Å². The van der Waals surface area contributed by atoms with E-state index in [1.54, 1.807) is 19.4 Å². The third-order valence-corrected chi connectivity index (χ3v) is 5.21. The summed E-state index contributed by atoms with van der Waals surface area (Å²) in [4.78, 5) is 21.8. The number of fused-ring (bicyclic) bond motifs is 2. The van der Waals surface area contributed by atoms with Gasteiger partial charge in [-0.25, -0.2) is 4.98 Å². The Bertz CT molecular complexity index is 1410. The molecule has 0 aliphatic carbocycles. The first-order valence-electron chi connectivity index (χ1n) is 9.83. The number of oxazole rings is 1. The lowest BCUT2D eigenvalue weighted by molar-refractivity contribution is 0.102. The number of ether oxygens (including phenoxy) is 1. The minimum Gasteiger partial charge on any atom is -0.496 e. The van der Waals surface area contributed by atoms with Gasteiger partial charge in [0.2, 0.25) is 5.89 Å². The molecule has 2 heterocycles. The van der Waals surface area contributed by atoms with Crippen molar-refractivity contribution in [3.63, 3.8) is 0 Å². The lowest BCUT2D eigenvalue weighted by Crippen LogP contribution is -2.14. The molecule has 3 aromatic carbocycles. The quantitative estimate of drug-likeness (QED) is 0.417. The fourth-order valence-corrected chi connectivity index (χ4v) is 3.54. The minimum absolute atomic E-state index is 0.248. The predicted molar refractivity (Wildman–Crippen MR) is 120 cm³/mol. The maximum Gasteiger partial charge on any atom is 0.259 e. The molecule has 0 radical (unpaired) electrons. The predicted octanol–water partition coefficient (Wildman–Crippen LogP) is 5.61. The Morgan fingerprint density at radius 3 is 2.58 bits per heavy atom. The van der Waals surface area contributed by atoms with Crippen molar-refractivity contribution in [3.8, 4) is 17.2 Å². The summed E-state index contributed by atoms with van der Waals surface area (Å²) in [5, 5.41) is 4.99. The van der Waals surface area contributed by atoms with Gasteiger partial charge in [0, 0.05) is 17.4 Å². The molecule has 0 saturated carbocycles. The van der Waals surface area contributed by atoms with E-state index in [1.165, 1.54) is 0 Å². The maximum absolute atomic E-state index is 13.1. The second kappa shape index (κ2) is 7.57. The van der Waals surface area contributed by atoms with Crippen LogP contribution in [0, 0.1) is 6.92 Å². The standard InChI is InChI=1S/C25H19N3O3/c1-15-9-10-18(25-28-23-21(31-25)8-5-11-26-23)13-20(15)27-24(29)19-12-16-6-3-4-7-17(16)14-22(19)30-2/h3-14H,1-2H3,(H,27,29). The van der Waals surface area contributed by atoms with Gasteiger partial charge in [-0.05, 0) is 59.7 Å². The molecule has 152 valence electrons. The second-order valence-electron chi connectivity index (χ2n) is 7.23. The van der Waals surface area contributed by atoms with Gasteiger partial charge in [-0.3, -0.25) is 4.79 Å². The summed E-state index contributed by atoms with van der Waals surface area (Å²) in [7, 11) is 1.56. The van der Waals surface area contributed by atoms with E-state index in [9.17, 15) is 4.79 Å². The third kappa shape index (κ3) is 3.48. The van der Waals surface area contributed by atoms with Crippen molar-refractivity contribution in [3.05, 3.63) is 84.1 Å². The van der Waals surface area contributed by atoms with Crippen LogP contribution >= 0.6 is 0 Å². The van der Waals surface area contributed by atoms with E-state index < -0.39 is 0 Å². The summed E-state index contributed by atoms with van der Waals surface area (Å²) in [6.07, 6.45) is 1.67. The summed E-state index contributed by atoms with van der Waals surface area (Å²) in [6.45, 7) is 1.94. The van der Waals surface area contributed by atoms with Gasteiger partial charge in [0.05, 0.1) is 12.7 Å². The van der Waals surface area contributed by atoms with Crippen molar-refractivity contribution in [1.29, 1.82) is 0 Å². The van der Waals surface area contributed by atoms with Crippen LogP contribution in [0.2, 0.25) is 0 Å². The number of anilines is 1. The van der Waals surface area contributed by atoms with E-state index in [1.807, 2.05) is 67.6 Å². The summed E-state index contributed by atoms with van der Waals surface area (Å²) in [5.41, 5.74) is 3.98. The number of nitrogens with one attached hydrogen (secondary N) is 1. The van der Waals surface area contributed by atoms with Gasteiger partial charge in [0.1, 0.15) is 5.75 Å². The molecule has 6 nitrogen and oxygen atoms in total. The smallest absolute Gasteiger partial charge is 0.259 e. The highest BCUT2D eigenvalue weighted by Gasteiger charge is 2.16. The highest BCUT2D eigenvalue weighted by atomic mass is 16.5. The van der Waals surface area contributed by atoms with Crippen molar-refractivity contribution in [2.75, 3.05) is 12.4 Å². The monoisotopic (exact) mass is 409 g/mol. The van der Waals surface area contributed by atoms with Crippen molar-refractivity contribution < 1.29 is 13.9 Å². The van der Waals surface area contributed by atoms with Crippen LogP contribution in [0.1, 0.15) is 15.9 Å². The second-order valence-corrected chi connectivity index (χ2v) is 7.23. The first-order valence-corrected chi connectivity index (χ1v) is 9.83. The van der Waals surface area contributed by atoms with E-state index >= 15 is 0 Å². The highest BCUT2D eigenvalue weighted by molar-refractivity contribution is 6.09. The van der Waals surface area contributed by atoms with Crippen LogP contribution in [0.25, 0.3) is 33.5 Å². The highest BCUT2D eigenvalue weighted by Crippen LogP contribution is 2.30. The fraction of sp³-hybridized carbons (Fsp3) is 0.0800. The van der Waals surface area contributed by atoms with Gasteiger partial charge in [-0.15, -0.1) is 0 Å². The number of amides is 1. The molecular weight excluding hydrogens is 390 g/mol. The van der Waals surface area contributed by atoms with Crippen molar-refractivity contribution >= 4 is 33.6 Å². The lowest BCUT2D eigenvalue weighted by atomic mass is 10.0. The van der Waals surface area contributed by atoms with Crippen molar-refractivity contribution in [2.45, 2.75) is 6.92 Å². The molecule has 5 rings (SSSR count). The summed E-state index contributed by atoms with van der Waals surface area (Å²) in [6, 6.07) is 20.9. The fourth-order valence-electron chi connectivity index (χ4n) is 3.54. The number of pyridine rings is 1. The van der Waals surface area contributed by atoms with Crippen LogP contribution in [0.4, 0.5) is 5.69 Å². The number of carbonyl (C=O) groups excluding carboxylic acids is 1. The number of nitrogens with zero attached hydrogens (tertiary/aromatic N) is 2. The Morgan fingerprint density at radius 1 is 1.00 bits per heavy atom. The van der Waals surface area contributed by atoms with Crippen LogP contribution in [0.15, 0.2) is 77.3 Å². The Morgan fingerprint density at radius 2 is 1.81 bits per heavy atom. The van der Waals surface area contributed by atoms with Crippen LogP contribution in [0.3, 0.4) is 0 Å². The molecular formula is C25H19N3O3. The molecule has 0 spiro atoms. The number of methoxy groups -OCH3 is 1. The van der Waals surface area contributed by atoms with E-state index in [-0.39, 0.29) is 5.91 Å². The number of hydrogen-bond donors (Lipinski definition) is 1. The summed E-state index contributed by atoms with van der Waals surface area (Å²) < 4.78 is 11.3. The summed E-state index contributed by atoms with van der Waals surface area (Å²) >= 11 is 0. The number of aromatic nitrogens is 2. The first-order chi connectivity index (χ1) is 15.1. The molecule has 0 saturated heterocycles. The number of carbonyl (C=O) groups is 1. The molecule has 0 unspecified atom stereocenters. The Hall–Kier alpha value is -4.19. The van der Waals surface area contributed by atoms with Gasteiger partial charge in [-0.2, -0.15) is 4.98 Å². The van der Waals surface area contributed by atoms with Gasteiger partial charge in [0.25, 0.3) is 5.91 Å². The van der Waals surface area contributed by atoms with Gasteiger partial charge in [0.15, 0.2) is 11.2 Å². The SMILES string of the molecule is COc1cc2ccccc2cc1C(=O)Nc1cc(-c2nc3ncccc3o2)ccc1C. The first kappa shape index (κ1) is 18.8. The molecule has 1 N–H and O–H groups in total. The number of aryl methyl sites for hydroxylation is 1. The normalized spacial score (nSPS) is 11.0. The number of rotatable bonds is 4. The van der Waals surface area contributed by atoms with Crippen molar-refractivity contribution in [2.24, 2.45) is 0 Å². The summed E-state index contributed by atoms with van der Waals surface area (Å²) in [5.74, 6) is 0.726. The van der Waals surface area contributed by atoms with Gasteiger partial charge >= 0.3 is 0 Å². The number of hydrogen-bond acceptors (Lipinski definition) is 5. The molecule has 31 heavy (non-hydrogen) atoms. The topological polar surface area (TPSA) is 77.2 Å². The molecule has 0 atom stereocenters. The van der Waals surface area contributed by atoms with Gasteiger partial charge < -0.3 is 14.5 Å². The van der Waals surface area contributed by atoms with Crippen molar-refractivity contribution in [1.82, 2.24) is 9.97 Å². The number of benzene rings is 3. The zero-order valence-electron chi connectivity index (χ0n) is 17.0. The minimum atomic E-state index is -0.248. The van der Waals surface area contributed by atoms with Crippen LogP contribution in [-0.4, -0.2) is 23.0 Å². The molecule has 6 heteroatoms. The third-order valence-electron chi connectivity index (χ3n) is 5.21. The maximum atomic E-state index is 13.1. The van der Waals surface area contributed by atoms with E-state index in [4.69, 9.17) is 9.15 Å². The molecule has 1 amide bonds. The average molecular weight is 409 g/mol. The molecule has 5 aromatic rings. The lowest BCUT2D eigenvalue weighted by Gasteiger charge is -2.13. The Labute approximate surface area is 178 Å². The van der Waals surface area contributed by atoms with E-state index in [2.05, 4.69) is 15.3 Å². The molecule has 0 bridgehead atoms. The van der Waals surface area contributed by atoms with Crippen LogP contribution in [0.5, 0.6) is 5.75 Å². The zero-order chi connectivity index (χ0) is 21.4. The largest absolute Gasteiger partial charge is 0.496 e. The zero-order valence-corrected chi connectivity index (χ0v) is 17.0. The molecule has 2 aromatic heterocycles. The Balaban J connectivity index is 1.50. The Kier molecular flexibility index (Phi) is 4.59. The molecule has 0 fully saturated rings. The molecule has 0 aliphatic rings. The van der Waals surface area contributed by atoms with Crippen LogP contribution in [-0.2, 0) is 0 Å².